The van der Waals surface area contributed by atoms with E-state index in [1.165, 1.54) is 16.0 Å². The van der Waals surface area contributed by atoms with E-state index in [-0.39, 0.29) is 18.1 Å². The van der Waals surface area contributed by atoms with Gasteiger partial charge >= 0.3 is 0 Å². The van der Waals surface area contributed by atoms with Gasteiger partial charge in [-0.15, -0.1) is 0 Å². The Morgan fingerprint density at radius 2 is 1.80 bits per heavy atom. The fraction of sp³-hybridized carbons (Fsp3) is 0.478. The predicted molar refractivity (Wildman–Crippen MR) is 117 cm³/mol. The first kappa shape index (κ1) is 20.7. The molecule has 30 heavy (non-hydrogen) atoms. The van der Waals surface area contributed by atoms with Crippen molar-refractivity contribution in [3.8, 4) is 0 Å². The van der Waals surface area contributed by atoms with Gasteiger partial charge in [-0.25, -0.2) is 4.39 Å². The summed E-state index contributed by atoms with van der Waals surface area (Å²) in [5, 5.41) is 0.756. The highest BCUT2D eigenvalue weighted by atomic mass is 35.5. The van der Waals surface area contributed by atoms with Gasteiger partial charge in [-0.05, 0) is 47.9 Å². The molecule has 2 fully saturated rings. The van der Waals surface area contributed by atoms with Crippen LogP contribution in [0.4, 0.5) is 4.39 Å². The minimum atomic E-state index is -0.182. The van der Waals surface area contributed by atoms with Crippen molar-refractivity contribution < 1.29 is 13.9 Å². The van der Waals surface area contributed by atoms with Crippen LogP contribution in [0.25, 0.3) is 0 Å². The van der Waals surface area contributed by atoms with Gasteiger partial charge in [-0.2, -0.15) is 0 Å². The molecule has 0 bridgehead atoms. The maximum absolute atomic E-state index is 14.0. The van der Waals surface area contributed by atoms with Crippen LogP contribution in [0.2, 0.25) is 5.02 Å². The van der Waals surface area contributed by atoms with E-state index in [1.807, 2.05) is 12.1 Å². The standard InChI is InChI=1S/C23H26ClFN2O2S/c24-17-1-4-21-16(13-17)14-20(19-3-2-18(25)15-22(19)30-21)27-9-7-26(8-10-27)6-5-23-28-11-12-29-23/h1-4,13,15,20,23H,5-12,14H2/t20-/m0/s1. The Morgan fingerprint density at radius 3 is 2.60 bits per heavy atom. The van der Waals surface area contributed by atoms with Crippen molar-refractivity contribution in [3.05, 3.63) is 58.4 Å². The summed E-state index contributed by atoms with van der Waals surface area (Å²) in [6.45, 7) is 6.46. The molecule has 2 saturated heterocycles. The van der Waals surface area contributed by atoms with Gasteiger partial charge in [0.15, 0.2) is 6.29 Å². The number of piperazine rings is 1. The summed E-state index contributed by atoms with van der Waals surface area (Å²) in [4.78, 5) is 7.22. The lowest BCUT2D eigenvalue weighted by Crippen LogP contribution is -2.48. The number of rotatable bonds is 4. The largest absolute Gasteiger partial charge is 0.350 e. The Labute approximate surface area is 186 Å². The van der Waals surface area contributed by atoms with Crippen molar-refractivity contribution in [2.24, 2.45) is 0 Å². The summed E-state index contributed by atoms with van der Waals surface area (Å²) < 4.78 is 25.2. The third-order valence-electron chi connectivity index (χ3n) is 6.21. The molecule has 0 aliphatic carbocycles. The smallest absolute Gasteiger partial charge is 0.159 e. The van der Waals surface area contributed by atoms with Crippen LogP contribution in [-0.4, -0.2) is 62.0 Å². The Balaban J connectivity index is 1.32. The van der Waals surface area contributed by atoms with Gasteiger partial charge in [0.2, 0.25) is 0 Å². The van der Waals surface area contributed by atoms with Gasteiger partial charge in [0.25, 0.3) is 0 Å². The molecule has 1 atom stereocenters. The monoisotopic (exact) mass is 448 g/mol. The van der Waals surface area contributed by atoms with Crippen molar-refractivity contribution in [2.45, 2.75) is 35.0 Å². The van der Waals surface area contributed by atoms with Gasteiger partial charge in [0.05, 0.1) is 13.2 Å². The molecule has 3 heterocycles. The Morgan fingerprint density at radius 1 is 1.00 bits per heavy atom. The van der Waals surface area contributed by atoms with E-state index in [0.29, 0.717) is 13.2 Å². The molecule has 0 amide bonds. The molecule has 4 nitrogen and oxygen atoms in total. The molecule has 0 unspecified atom stereocenters. The van der Waals surface area contributed by atoms with Crippen LogP contribution in [0.5, 0.6) is 0 Å². The summed E-state index contributed by atoms with van der Waals surface area (Å²) in [6, 6.07) is 11.5. The van der Waals surface area contributed by atoms with Gasteiger partial charge in [0, 0.05) is 60.0 Å². The van der Waals surface area contributed by atoms with Crippen molar-refractivity contribution >= 4 is 23.4 Å². The fourth-order valence-electron chi connectivity index (χ4n) is 4.60. The molecule has 0 N–H and O–H groups in total. The van der Waals surface area contributed by atoms with Crippen LogP contribution in [0.15, 0.2) is 46.2 Å². The Bertz CT molecular complexity index is 901. The van der Waals surface area contributed by atoms with Gasteiger partial charge in [0.1, 0.15) is 5.82 Å². The van der Waals surface area contributed by atoms with Crippen molar-refractivity contribution in [2.75, 3.05) is 45.9 Å². The molecular weight excluding hydrogens is 423 g/mol. The van der Waals surface area contributed by atoms with Crippen molar-refractivity contribution in [1.29, 1.82) is 0 Å². The lowest BCUT2D eigenvalue weighted by molar-refractivity contribution is -0.0538. The third kappa shape index (κ3) is 4.54. The average molecular weight is 449 g/mol. The van der Waals surface area contributed by atoms with Crippen LogP contribution in [0, 0.1) is 5.82 Å². The number of halogens is 2. The molecule has 0 spiro atoms. The molecule has 3 aliphatic heterocycles. The first-order valence-electron chi connectivity index (χ1n) is 10.6. The molecule has 0 radical (unpaired) electrons. The molecule has 3 aliphatic rings. The quantitative estimate of drug-likeness (QED) is 0.680. The number of nitrogens with zero attached hydrogens (tertiary/aromatic N) is 2. The zero-order valence-corrected chi connectivity index (χ0v) is 18.4. The SMILES string of the molecule is Fc1ccc2c(c1)Sc1ccc(Cl)cc1C[C@@H]2N1CCN(CCC2OCCO2)CC1. The van der Waals surface area contributed by atoms with E-state index >= 15 is 0 Å². The van der Waals surface area contributed by atoms with E-state index in [0.717, 1.165) is 55.5 Å². The highest BCUT2D eigenvalue weighted by Crippen LogP contribution is 2.44. The zero-order chi connectivity index (χ0) is 20.5. The highest BCUT2D eigenvalue weighted by Gasteiger charge is 2.30. The number of benzene rings is 2. The number of ether oxygens (including phenoxy) is 2. The van der Waals surface area contributed by atoms with E-state index in [4.69, 9.17) is 21.1 Å². The minimum Gasteiger partial charge on any atom is -0.350 e. The lowest BCUT2D eigenvalue weighted by atomic mass is 9.96. The number of fused-ring (bicyclic) bond motifs is 2. The minimum absolute atomic E-state index is 0.0371. The fourth-order valence-corrected chi connectivity index (χ4v) is 5.94. The van der Waals surface area contributed by atoms with E-state index in [1.54, 1.807) is 23.9 Å². The Kier molecular flexibility index (Phi) is 6.32. The summed E-state index contributed by atoms with van der Waals surface area (Å²) in [5.74, 6) is -0.182. The van der Waals surface area contributed by atoms with Crippen LogP contribution < -0.4 is 0 Å². The normalized spacial score (nSPS) is 23.2. The Hall–Kier alpha value is -1.15. The molecule has 5 rings (SSSR count). The van der Waals surface area contributed by atoms with Crippen LogP contribution in [0.1, 0.15) is 23.6 Å². The van der Waals surface area contributed by atoms with E-state index in [2.05, 4.69) is 21.9 Å². The molecule has 2 aromatic rings. The van der Waals surface area contributed by atoms with Crippen LogP contribution >= 0.6 is 23.4 Å². The second kappa shape index (κ2) is 9.15. The first-order valence-corrected chi connectivity index (χ1v) is 11.8. The van der Waals surface area contributed by atoms with Gasteiger partial charge in [-0.3, -0.25) is 4.90 Å². The van der Waals surface area contributed by atoms with Crippen molar-refractivity contribution in [1.82, 2.24) is 9.80 Å². The van der Waals surface area contributed by atoms with E-state index < -0.39 is 0 Å². The first-order chi connectivity index (χ1) is 14.7. The maximum atomic E-state index is 14.0. The molecule has 0 aromatic heterocycles. The lowest BCUT2D eigenvalue weighted by Gasteiger charge is -2.40. The van der Waals surface area contributed by atoms with Gasteiger partial charge < -0.3 is 14.4 Å². The summed E-state index contributed by atoms with van der Waals surface area (Å²) in [7, 11) is 0. The summed E-state index contributed by atoms with van der Waals surface area (Å²) >= 11 is 7.95. The second-order valence-corrected chi connectivity index (χ2v) is 9.61. The third-order valence-corrected chi connectivity index (χ3v) is 7.64. The number of hydrogen-bond acceptors (Lipinski definition) is 5. The predicted octanol–water partition coefficient (Wildman–Crippen LogP) is 4.61. The average Bonchev–Trinajstić information content (AvgIpc) is 3.22. The van der Waals surface area contributed by atoms with Crippen LogP contribution in [-0.2, 0) is 15.9 Å². The maximum Gasteiger partial charge on any atom is 0.159 e. The molecule has 160 valence electrons. The molecule has 0 saturated carbocycles. The molecule has 2 aromatic carbocycles. The van der Waals surface area contributed by atoms with Crippen molar-refractivity contribution in [3.63, 3.8) is 0 Å². The number of hydrogen-bond donors (Lipinski definition) is 0. The highest BCUT2D eigenvalue weighted by molar-refractivity contribution is 7.99. The summed E-state index contributed by atoms with van der Waals surface area (Å²) in [5.41, 5.74) is 2.46. The summed E-state index contributed by atoms with van der Waals surface area (Å²) in [6.07, 6.45) is 1.78. The van der Waals surface area contributed by atoms with E-state index in [9.17, 15) is 4.39 Å². The van der Waals surface area contributed by atoms with Crippen LogP contribution in [0.3, 0.4) is 0 Å². The second-order valence-electron chi connectivity index (χ2n) is 8.09. The molecular formula is C23H26ClFN2O2S. The molecule has 7 heteroatoms. The topological polar surface area (TPSA) is 24.9 Å². The van der Waals surface area contributed by atoms with Gasteiger partial charge in [-0.1, -0.05) is 29.4 Å². The zero-order valence-electron chi connectivity index (χ0n) is 16.9.